The van der Waals surface area contributed by atoms with E-state index in [2.05, 4.69) is 6.58 Å². The molecule has 8 heteroatoms. The molecule has 1 heterocycles. The van der Waals surface area contributed by atoms with Gasteiger partial charge in [0.1, 0.15) is 29.0 Å². The van der Waals surface area contributed by atoms with Crippen molar-refractivity contribution in [2.45, 2.75) is 46.6 Å². The minimum atomic E-state index is -1.34. The number of nitrogens with zero attached hydrogens (tertiary/aromatic N) is 1. The zero-order valence-electron chi connectivity index (χ0n) is 18.3. The summed E-state index contributed by atoms with van der Waals surface area (Å²) >= 11 is 6.08. The Morgan fingerprint density at radius 3 is 2.53 bits per heavy atom. The molecule has 1 aromatic heterocycles. The zero-order valence-corrected chi connectivity index (χ0v) is 19.1. The van der Waals surface area contributed by atoms with Gasteiger partial charge in [-0.25, -0.2) is 8.78 Å². The number of rotatable bonds is 8. The minimum Gasteiger partial charge on any atom is -0.487 e. The number of aromatic nitrogens is 1. The average Bonchev–Trinajstić information content (AvgIpc) is 2.74. The van der Waals surface area contributed by atoms with E-state index in [9.17, 15) is 13.6 Å². The van der Waals surface area contributed by atoms with Gasteiger partial charge in [-0.15, -0.1) is 0 Å². The van der Waals surface area contributed by atoms with Gasteiger partial charge in [-0.3, -0.25) is 4.79 Å². The Morgan fingerprint density at radius 1 is 1.31 bits per heavy atom. The van der Waals surface area contributed by atoms with Crippen LogP contribution in [0.4, 0.5) is 8.78 Å². The first kappa shape index (κ1) is 27.3. The van der Waals surface area contributed by atoms with Crippen molar-refractivity contribution >= 4 is 11.6 Å². The highest BCUT2D eigenvalue weighted by Crippen LogP contribution is 2.23. The number of allylic oxidation sites excluding steroid dienone is 4. The molecule has 0 unspecified atom stereocenters. The van der Waals surface area contributed by atoms with Gasteiger partial charge in [0.05, 0.1) is 0 Å². The first-order valence-corrected chi connectivity index (χ1v) is 10.2. The summed E-state index contributed by atoms with van der Waals surface area (Å²) in [5.41, 5.74) is 1.03. The number of hydrogen-bond acceptors (Lipinski definition) is 4. The molecule has 0 aliphatic heterocycles. The molecule has 0 spiro atoms. The second kappa shape index (κ2) is 13.6. The van der Waals surface area contributed by atoms with E-state index >= 15 is 0 Å². The van der Waals surface area contributed by atoms with E-state index in [1.807, 2.05) is 19.1 Å². The molecule has 0 aliphatic rings. The van der Waals surface area contributed by atoms with Gasteiger partial charge >= 0.3 is 0 Å². The normalized spacial score (nSPS) is 11.5. The van der Waals surface area contributed by atoms with Crippen molar-refractivity contribution in [3.63, 3.8) is 0 Å². The molecule has 0 aliphatic carbocycles. The molecular formula is C24H28ClF2NO4. The van der Waals surface area contributed by atoms with Crippen molar-refractivity contribution in [3.8, 4) is 5.75 Å². The predicted octanol–water partition coefficient (Wildman–Crippen LogP) is 5.06. The number of aryl methyl sites for hydroxylation is 1. The van der Waals surface area contributed by atoms with E-state index in [4.69, 9.17) is 26.6 Å². The van der Waals surface area contributed by atoms with Gasteiger partial charge in [0.25, 0.3) is 5.56 Å². The van der Waals surface area contributed by atoms with Gasteiger partial charge in [-0.1, -0.05) is 42.5 Å². The van der Waals surface area contributed by atoms with Crippen LogP contribution < -0.4 is 10.3 Å². The van der Waals surface area contributed by atoms with E-state index in [0.29, 0.717) is 24.2 Å². The number of aliphatic hydroxyl groups excluding tert-OH is 1. The fourth-order valence-corrected chi connectivity index (χ4v) is 2.75. The molecule has 0 atom stereocenters. The lowest BCUT2D eigenvalue weighted by atomic mass is 10.2. The number of ether oxygens (including phenoxy) is 1. The number of pyridine rings is 1. The van der Waals surface area contributed by atoms with Gasteiger partial charge in [0.15, 0.2) is 6.29 Å². The fraction of sp³-hybridized carbons (Fsp3) is 0.292. The Labute approximate surface area is 191 Å². The summed E-state index contributed by atoms with van der Waals surface area (Å²) in [5, 5.41) is 16.7. The Kier molecular flexibility index (Phi) is 11.6. The molecule has 0 radical (unpaired) electrons. The monoisotopic (exact) mass is 467 g/mol. The lowest BCUT2D eigenvalue weighted by molar-refractivity contribution is -0.00760. The van der Waals surface area contributed by atoms with Gasteiger partial charge in [-0.05, 0) is 44.9 Å². The highest BCUT2D eigenvalue weighted by atomic mass is 35.5. The first-order valence-electron chi connectivity index (χ1n) is 9.85. The summed E-state index contributed by atoms with van der Waals surface area (Å²) in [6, 6.07) is 4.86. The molecule has 32 heavy (non-hydrogen) atoms. The molecule has 0 amide bonds. The van der Waals surface area contributed by atoms with Crippen LogP contribution in [0.1, 0.15) is 31.5 Å². The summed E-state index contributed by atoms with van der Waals surface area (Å²) in [4.78, 5) is 12.3. The lowest BCUT2D eigenvalue weighted by Crippen LogP contribution is -2.23. The van der Waals surface area contributed by atoms with Crippen molar-refractivity contribution in [2.75, 3.05) is 0 Å². The van der Waals surface area contributed by atoms with Gasteiger partial charge < -0.3 is 19.5 Å². The maximum atomic E-state index is 13.6. The molecule has 2 aromatic rings. The number of hydrogen-bond donors (Lipinski definition) is 2. The highest BCUT2D eigenvalue weighted by molar-refractivity contribution is 6.31. The van der Waals surface area contributed by atoms with E-state index in [1.54, 1.807) is 30.6 Å². The molecule has 2 N–H and O–H groups in total. The topological polar surface area (TPSA) is 71.7 Å². The van der Waals surface area contributed by atoms with Crippen LogP contribution in [-0.2, 0) is 13.2 Å². The molecule has 2 rings (SSSR count). The summed E-state index contributed by atoms with van der Waals surface area (Å²) in [6.45, 7) is 9.06. The standard InChI is InChI=1S/C18H18ClF2NO2.C6H10O2/c1-3-4-5-8-22-12(2)9-16(17(19)18(22)23)24-11-13-6-7-14(20)10-15(13)21;1-3-4-5(2)6(7)8/h3-4,6-7,9-10H,5,8,11H2,1-2H3;3-4,6-8H,1H2,2H3/b4-3-;5-4+. The average molecular weight is 468 g/mol. The predicted molar refractivity (Wildman–Crippen MR) is 123 cm³/mol. The number of benzene rings is 1. The SMILES string of the molecule is C/C=C\CCn1c(C)cc(OCc2ccc(F)cc2F)c(Cl)c1=O.C=C/C=C(\C)C(O)O. The Balaban J connectivity index is 0.000000547. The van der Waals surface area contributed by atoms with Crippen molar-refractivity contribution < 1.29 is 23.7 Å². The van der Waals surface area contributed by atoms with Crippen molar-refractivity contribution in [2.24, 2.45) is 0 Å². The fourth-order valence-electron chi connectivity index (χ4n) is 2.53. The molecule has 0 saturated heterocycles. The molecule has 0 saturated carbocycles. The number of aliphatic hydroxyl groups is 2. The maximum Gasteiger partial charge on any atom is 0.273 e. The van der Waals surface area contributed by atoms with Crippen LogP contribution in [0.5, 0.6) is 5.75 Å². The van der Waals surface area contributed by atoms with Crippen LogP contribution in [0.15, 0.2) is 65.5 Å². The van der Waals surface area contributed by atoms with E-state index in [-0.39, 0.29) is 28.5 Å². The van der Waals surface area contributed by atoms with Crippen LogP contribution in [-0.4, -0.2) is 21.1 Å². The zero-order chi connectivity index (χ0) is 24.3. The minimum absolute atomic E-state index is 0.0522. The van der Waals surface area contributed by atoms with Crippen molar-refractivity contribution in [1.82, 2.24) is 4.57 Å². The highest BCUT2D eigenvalue weighted by Gasteiger charge is 2.13. The van der Waals surface area contributed by atoms with Crippen LogP contribution in [0.25, 0.3) is 0 Å². The van der Waals surface area contributed by atoms with Gasteiger partial charge in [0.2, 0.25) is 0 Å². The summed E-state index contributed by atoms with van der Waals surface area (Å²) in [6.07, 6.45) is 6.31. The van der Waals surface area contributed by atoms with Crippen molar-refractivity contribution in [3.05, 3.63) is 99.0 Å². The summed E-state index contributed by atoms with van der Waals surface area (Å²) in [7, 11) is 0. The van der Waals surface area contributed by atoms with Crippen molar-refractivity contribution in [1.29, 1.82) is 0 Å². The Morgan fingerprint density at radius 2 is 2.00 bits per heavy atom. The molecule has 5 nitrogen and oxygen atoms in total. The molecule has 1 aromatic carbocycles. The van der Waals surface area contributed by atoms with Crippen LogP contribution in [0.2, 0.25) is 5.02 Å². The third-order valence-corrected chi connectivity index (χ3v) is 4.70. The van der Waals surface area contributed by atoms with E-state index in [1.165, 1.54) is 12.1 Å². The third kappa shape index (κ3) is 8.42. The Hall–Kier alpha value is -2.74. The lowest BCUT2D eigenvalue weighted by Gasteiger charge is -2.14. The molecular weight excluding hydrogens is 440 g/mol. The quantitative estimate of drug-likeness (QED) is 0.323. The smallest absolute Gasteiger partial charge is 0.273 e. The van der Waals surface area contributed by atoms with Crippen LogP contribution in [0.3, 0.4) is 0 Å². The Bertz CT molecular complexity index is 1030. The summed E-state index contributed by atoms with van der Waals surface area (Å²) < 4.78 is 33.6. The van der Waals surface area contributed by atoms with Crippen LogP contribution >= 0.6 is 11.6 Å². The molecule has 0 bridgehead atoms. The second-order valence-corrected chi connectivity index (χ2v) is 7.20. The second-order valence-electron chi connectivity index (χ2n) is 6.82. The van der Waals surface area contributed by atoms with Gasteiger partial charge in [0, 0.05) is 29.9 Å². The molecule has 174 valence electrons. The van der Waals surface area contributed by atoms with Gasteiger partial charge in [-0.2, -0.15) is 0 Å². The number of halogens is 3. The molecule has 0 fully saturated rings. The van der Waals surface area contributed by atoms with E-state index in [0.717, 1.165) is 12.1 Å². The van der Waals surface area contributed by atoms with Crippen LogP contribution in [0, 0.1) is 18.6 Å². The third-order valence-electron chi connectivity index (χ3n) is 4.36. The first-order chi connectivity index (χ1) is 15.1. The largest absolute Gasteiger partial charge is 0.487 e. The van der Waals surface area contributed by atoms with E-state index < -0.39 is 17.9 Å². The maximum absolute atomic E-state index is 13.6. The summed E-state index contributed by atoms with van der Waals surface area (Å²) in [5.74, 6) is -1.18.